The third kappa shape index (κ3) is 7.51. The molecule has 0 N–H and O–H groups in total. The van der Waals surface area contributed by atoms with Crippen LogP contribution in [0.2, 0.25) is 5.15 Å². The van der Waals surface area contributed by atoms with Gasteiger partial charge in [-0.05, 0) is 51.9 Å². The van der Waals surface area contributed by atoms with Crippen LogP contribution in [0.15, 0.2) is 122 Å². The quantitative estimate of drug-likeness (QED) is 0.141. The van der Waals surface area contributed by atoms with Crippen LogP contribution in [-0.2, 0) is 35.5 Å². The fourth-order valence-electron chi connectivity index (χ4n) is 5.60. The summed E-state index contributed by atoms with van der Waals surface area (Å²) < 4.78 is 0. The number of pyridine rings is 1. The van der Waals surface area contributed by atoms with Crippen LogP contribution >= 0.6 is 11.6 Å². The summed E-state index contributed by atoms with van der Waals surface area (Å²) in [5.41, 5.74) is 6.90. The first kappa shape index (κ1) is 29.9. The van der Waals surface area contributed by atoms with E-state index in [-0.39, 0.29) is 18.4 Å². The lowest BCUT2D eigenvalue weighted by molar-refractivity contribution is -0.144. The molecule has 0 saturated carbocycles. The van der Waals surface area contributed by atoms with Gasteiger partial charge in [-0.2, -0.15) is 0 Å². The largest absolute Gasteiger partial charge is 0.336 e. The fourth-order valence-corrected chi connectivity index (χ4v) is 5.71. The summed E-state index contributed by atoms with van der Waals surface area (Å²) in [4.78, 5) is 44.5. The fraction of sp³-hybridized carbons (Fsp3) is 0.162. The minimum absolute atomic E-state index is 0.0682. The molecule has 0 spiro atoms. The average Bonchev–Trinajstić information content (AvgIpc) is 3.10. The number of hydrogen-bond donors (Lipinski definition) is 0. The normalized spacial score (nSPS) is 13.3. The molecule has 2 aromatic heterocycles. The Morgan fingerprint density at radius 3 is 2.29 bits per heavy atom. The first-order valence-electron chi connectivity index (χ1n) is 14.9. The molecule has 0 fully saturated rings. The number of benzene rings is 3. The molecule has 3 aromatic carbocycles. The van der Waals surface area contributed by atoms with Gasteiger partial charge in [0.15, 0.2) is 0 Å². The van der Waals surface area contributed by atoms with Gasteiger partial charge in [-0.3, -0.25) is 9.59 Å². The van der Waals surface area contributed by atoms with E-state index in [9.17, 15) is 9.59 Å². The van der Waals surface area contributed by atoms with Crippen LogP contribution in [0, 0.1) is 0 Å². The molecule has 1 atom stereocenters. The van der Waals surface area contributed by atoms with Crippen molar-refractivity contribution < 1.29 is 9.59 Å². The van der Waals surface area contributed by atoms with E-state index in [1.807, 2.05) is 71.6 Å². The second kappa shape index (κ2) is 14.1. The summed E-state index contributed by atoms with van der Waals surface area (Å²) in [6.07, 6.45) is 11.0. The van der Waals surface area contributed by atoms with Crippen LogP contribution < -0.4 is 0 Å². The van der Waals surface area contributed by atoms with Gasteiger partial charge in [0.2, 0.25) is 11.8 Å². The average molecular weight is 614 g/mol. The number of fused-ring (bicyclic) bond motifs is 1. The molecule has 2 amide bonds. The molecule has 0 aliphatic carbocycles. The molecule has 5 aromatic rings. The number of hydrogen-bond acceptors (Lipinski definition) is 5. The zero-order valence-corrected chi connectivity index (χ0v) is 25.4. The van der Waals surface area contributed by atoms with Gasteiger partial charge < -0.3 is 9.80 Å². The van der Waals surface area contributed by atoms with E-state index in [4.69, 9.17) is 11.6 Å². The van der Waals surface area contributed by atoms with E-state index >= 15 is 0 Å². The Morgan fingerprint density at radius 2 is 1.56 bits per heavy atom. The molecule has 45 heavy (non-hydrogen) atoms. The van der Waals surface area contributed by atoms with E-state index in [0.717, 1.165) is 39.8 Å². The topological polar surface area (TPSA) is 79.3 Å². The third-order valence-electron chi connectivity index (χ3n) is 8.03. The first-order valence-corrected chi connectivity index (χ1v) is 15.3. The molecule has 224 valence electrons. The van der Waals surface area contributed by atoms with Gasteiger partial charge in [-0.25, -0.2) is 15.0 Å². The molecule has 8 heteroatoms. The van der Waals surface area contributed by atoms with Gasteiger partial charge in [0.25, 0.3) is 0 Å². The van der Waals surface area contributed by atoms with Crippen LogP contribution in [0.1, 0.15) is 27.8 Å². The first-order chi connectivity index (χ1) is 22.0. The molecule has 0 radical (unpaired) electrons. The maximum atomic E-state index is 14.5. The molecule has 7 nitrogen and oxygen atoms in total. The molecular weight excluding hydrogens is 582 g/mol. The summed E-state index contributed by atoms with van der Waals surface area (Å²) in [5.74, 6) is -0.335. The lowest BCUT2D eigenvalue weighted by Gasteiger charge is -2.37. The Bertz CT molecular complexity index is 1780. The summed E-state index contributed by atoms with van der Waals surface area (Å²) in [7, 11) is 0. The highest BCUT2D eigenvalue weighted by Crippen LogP contribution is 2.24. The lowest BCUT2D eigenvalue weighted by atomic mass is 9.97. The third-order valence-corrected chi connectivity index (χ3v) is 8.25. The van der Waals surface area contributed by atoms with Crippen molar-refractivity contribution in [2.24, 2.45) is 0 Å². The lowest BCUT2D eigenvalue weighted by Crippen LogP contribution is -2.52. The number of nitrogens with zero attached hydrogens (tertiary/aromatic N) is 5. The van der Waals surface area contributed by atoms with Crippen molar-refractivity contribution in [2.45, 2.75) is 32.0 Å². The minimum Gasteiger partial charge on any atom is -0.336 e. The van der Waals surface area contributed by atoms with Crippen LogP contribution in [-0.4, -0.2) is 49.2 Å². The molecule has 6 rings (SSSR count). The molecule has 1 unspecified atom stereocenters. The maximum Gasteiger partial charge on any atom is 0.247 e. The van der Waals surface area contributed by atoms with E-state index < -0.39 is 6.04 Å². The van der Waals surface area contributed by atoms with E-state index in [1.54, 1.807) is 41.7 Å². The smallest absolute Gasteiger partial charge is 0.247 e. The second-order valence-corrected chi connectivity index (χ2v) is 11.4. The van der Waals surface area contributed by atoms with Gasteiger partial charge in [-0.1, -0.05) is 96.5 Å². The van der Waals surface area contributed by atoms with Gasteiger partial charge in [0.1, 0.15) is 17.5 Å². The molecule has 0 bridgehead atoms. The zero-order valence-electron chi connectivity index (χ0n) is 24.7. The van der Waals surface area contributed by atoms with Crippen molar-refractivity contribution in [1.29, 1.82) is 0 Å². The van der Waals surface area contributed by atoms with E-state index in [0.29, 0.717) is 24.7 Å². The van der Waals surface area contributed by atoms with Crippen molar-refractivity contribution in [3.8, 4) is 11.1 Å². The SMILES string of the molecule is O=C(C(Cc1ccccc1)N(Cc1ccc(-c2cncnc2)cc1)C(=O)C=Cc1ccc(Cl)nc1)N1CCc2ccccc2C1. The summed E-state index contributed by atoms with van der Waals surface area (Å²) in [6.45, 7) is 1.37. The highest BCUT2D eigenvalue weighted by atomic mass is 35.5. The standard InChI is InChI=1S/C37H32ClN5O2/c38-35-16-12-28(21-41-35)13-17-36(44)43(24-29-10-14-31(15-11-29)33-22-39-26-40-23-33)34(20-27-6-2-1-3-7-27)37(45)42-19-18-30-8-4-5-9-32(30)25-42/h1-17,21-23,26,34H,18-20,24-25H2. The minimum atomic E-state index is -0.722. The Morgan fingerprint density at radius 1 is 0.822 bits per heavy atom. The van der Waals surface area contributed by atoms with Gasteiger partial charge in [-0.15, -0.1) is 0 Å². The van der Waals surface area contributed by atoms with Crippen molar-refractivity contribution in [3.05, 3.63) is 155 Å². The predicted molar refractivity (Wildman–Crippen MR) is 176 cm³/mol. The van der Waals surface area contributed by atoms with E-state index in [1.165, 1.54) is 18.0 Å². The Kier molecular flexibility index (Phi) is 9.37. The number of aromatic nitrogens is 3. The Balaban J connectivity index is 1.34. The predicted octanol–water partition coefficient (Wildman–Crippen LogP) is 6.43. The molecule has 0 saturated heterocycles. The summed E-state index contributed by atoms with van der Waals surface area (Å²) in [5, 5.41) is 0.377. The van der Waals surface area contributed by atoms with Crippen molar-refractivity contribution in [3.63, 3.8) is 0 Å². The highest BCUT2D eigenvalue weighted by molar-refractivity contribution is 6.29. The monoisotopic (exact) mass is 613 g/mol. The van der Waals surface area contributed by atoms with Gasteiger partial charge >= 0.3 is 0 Å². The molecule has 1 aliphatic rings. The number of halogens is 1. The Labute approximate surface area is 267 Å². The van der Waals surface area contributed by atoms with Crippen molar-refractivity contribution >= 4 is 29.5 Å². The van der Waals surface area contributed by atoms with Gasteiger partial charge in [0, 0.05) is 56.3 Å². The van der Waals surface area contributed by atoms with Crippen LogP contribution in [0.5, 0.6) is 0 Å². The number of rotatable bonds is 9. The van der Waals surface area contributed by atoms with Crippen molar-refractivity contribution in [1.82, 2.24) is 24.8 Å². The van der Waals surface area contributed by atoms with Gasteiger partial charge in [0.05, 0.1) is 0 Å². The number of carbonyl (C=O) groups is 2. The number of amides is 2. The van der Waals surface area contributed by atoms with Crippen LogP contribution in [0.25, 0.3) is 17.2 Å². The summed E-state index contributed by atoms with van der Waals surface area (Å²) >= 11 is 5.96. The molecular formula is C37H32ClN5O2. The second-order valence-electron chi connectivity index (χ2n) is 11.0. The molecule has 1 aliphatic heterocycles. The highest BCUT2D eigenvalue weighted by Gasteiger charge is 2.34. The maximum absolute atomic E-state index is 14.5. The zero-order chi connectivity index (χ0) is 31.0. The van der Waals surface area contributed by atoms with Crippen LogP contribution in [0.4, 0.5) is 0 Å². The van der Waals surface area contributed by atoms with Crippen molar-refractivity contribution in [2.75, 3.05) is 6.54 Å². The van der Waals surface area contributed by atoms with Crippen LogP contribution in [0.3, 0.4) is 0 Å². The Hall–Kier alpha value is -5.14. The summed E-state index contributed by atoms with van der Waals surface area (Å²) in [6, 6.07) is 28.8. The van der Waals surface area contributed by atoms with E-state index in [2.05, 4.69) is 27.1 Å². The number of carbonyl (C=O) groups excluding carboxylic acids is 2. The molecule has 3 heterocycles.